The van der Waals surface area contributed by atoms with Crippen molar-refractivity contribution in [2.24, 2.45) is 29.1 Å². The second kappa shape index (κ2) is 5.95. The van der Waals surface area contributed by atoms with Crippen LogP contribution in [0, 0.1) is 29.1 Å². The standard InChI is InChI=1S/C18H26F2O4/c1-10(2)15(18(19,20)16(22)23)24-14(21)9-17-6-11-3-12(7-17)5-13(4-11)8-17/h10-13,15H,3-9H2,1-2H3,(H,22,23)/p-1. The Morgan fingerprint density at radius 2 is 1.58 bits per heavy atom. The summed E-state index contributed by atoms with van der Waals surface area (Å²) in [5.74, 6) is -6.23. The van der Waals surface area contributed by atoms with E-state index in [0.717, 1.165) is 19.3 Å². The number of alkyl halides is 2. The Labute approximate surface area is 140 Å². The van der Waals surface area contributed by atoms with Crippen molar-refractivity contribution in [1.29, 1.82) is 0 Å². The SMILES string of the molecule is CC(C)C(OC(=O)CC12CC3CC(CC(C3)C1)C2)C(F)(F)C(=O)[O-]. The van der Waals surface area contributed by atoms with Crippen molar-refractivity contribution in [2.45, 2.75) is 70.8 Å². The van der Waals surface area contributed by atoms with Gasteiger partial charge in [-0.1, -0.05) is 13.8 Å². The average Bonchev–Trinajstić information content (AvgIpc) is 2.41. The molecule has 4 fully saturated rings. The molecule has 0 aromatic rings. The summed E-state index contributed by atoms with van der Waals surface area (Å²) in [6.07, 6.45) is 4.74. The highest BCUT2D eigenvalue weighted by atomic mass is 19.3. The van der Waals surface area contributed by atoms with Crippen molar-refractivity contribution in [3.63, 3.8) is 0 Å². The van der Waals surface area contributed by atoms with Gasteiger partial charge in [0.15, 0.2) is 6.10 Å². The van der Waals surface area contributed by atoms with Crippen molar-refractivity contribution >= 4 is 11.9 Å². The van der Waals surface area contributed by atoms with E-state index in [1.807, 2.05) is 0 Å². The van der Waals surface area contributed by atoms with Crippen molar-refractivity contribution in [1.82, 2.24) is 0 Å². The molecule has 6 heteroatoms. The van der Waals surface area contributed by atoms with E-state index in [1.54, 1.807) is 0 Å². The largest absolute Gasteiger partial charge is 0.544 e. The van der Waals surface area contributed by atoms with Gasteiger partial charge in [-0.15, -0.1) is 0 Å². The number of halogens is 2. The normalized spacial score (nSPS) is 36.0. The lowest BCUT2D eigenvalue weighted by atomic mass is 9.49. The summed E-state index contributed by atoms with van der Waals surface area (Å²) in [4.78, 5) is 23.0. The topological polar surface area (TPSA) is 66.4 Å². The lowest BCUT2D eigenvalue weighted by molar-refractivity contribution is -0.337. The molecule has 0 heterocycles. The highest BCUT2D eigenvalue weighted by molar-refractivity contribution is 5.76. The van der Waals surface area contributed by atoms with E-state index in [0.29, 0.717) is 17.8 Å². The molecule has 4 aliphatic rings. The molecule has 0 spiro atoms. The van der Waals surface area contributed by atoms with Crippen LogP contribution >= 0.6 is 0 Å². The lowest BCUT2D eigenvalue weighted by Crippen LogP contribution is -2.54. The monoisotopic (exact) mass is 343 g/mol. The van der Waals surface area contributed by atoms with Crippen LogP contribution in [0.4, 0.5) is 8.78 Å². The van der Waals surface area contributed by atoms with Crippen molar-refractivity contribution in [2.75, 3.05) is 0 Å². The van der Waals surface area contributed by atoms with Crippen molar-refractivity contribution < 1.29 is 28.2 Å². The quantitative estimate of drug-likeness (QED) is 0.695. The predicted molar refractivity (Wildman–Crippen MR) is 79.9 cm³/mol. The van der Waals surface area contributed by atoms with E-state index in [4.69, 9.17) is 4.74 Å². The Morgan fingerprint density at radius 3 is 1.96 bits per heavy atom. The third-order valence-corrected chi connectivity index (χ3v) is 6.18. The second-order valence-corrected chi connectivity index (χ2v) is 8.66. The van der Waals surface area contributed by atoms with Gasteiger partial charge in [0.25, 0.3) is 0 Å². The van der Waals surface area contributed by atoms with Crippen LogP contribution in [0.2, 0.25) is 0 Å². The number of aliphatic carboxylic acids is 1. The van der Waals surface area contributed by atoms with E-state index >= 15 is 0 Å². The molecule has 0 saturated heterocycles. The number of esters is 1. The Morgan fingerprint density at radius 1 is 1.12 bits per heavy atom. The fourth-order valence-corrected chi connectivity index (χ4v) is 5.74. The summed E-state index contributed by atoms with van der Waals surface area (Å²) in [6, 6.07) is 0. The molecule has 0 N–H and O–H groups in total. The molecule has 1 atom stereocenters. The number of carboxylic acid groups (broad SMARTS) is 1. The molecule has 4 saturated carbocycles. The average molecular weight is 343 g/mol. The minimum atomic E-state index is -4.18. The minimum absolute atomic E-state index is 0.121. The molecular formula is C18H25F2O4-. The zero-order valence-corrected chi connectivity index (χ0v) is 14.2. The predicted octanol–water partition coefficient (Wildman–Crippen LogP) is 2.55. The van der Waals surface area contributed by atoms with Gasteiger partial charge in [-0.2, -0.15) is 8.78 Å². The molecule has 0 amide bonds. The van der Waals surface area contributed by atoms with Gasteiger partial charge in [-0.25, -0.2) is 0 Å². The van der Waals surface area contributed by atoms with Gasteiger partial charge in [-0.3, -0.25) is 4.79 Å². The first-order valence-electron chi connectivity index (χ1n) is 8.90. The van der Waals surface area contributed by atoms with Gasteiger partial charge in [-0.05, 0) is 67.6 Å². The molecule has 4 aliphatic carbocycles. The fourth-order valence-electron chi connectivity index (χ4n) is 5.74. The first kappa shape index (κ1) is 17.6. The molecule has 0 aliphatic heterocycles. The molecular weight excluding hydrogens is 318 g/mol. The van der Waals surface area contributed by atoms with E-state index in [1.165, 1.54) is 33.1 Å². The lowest BCUT2D eigenvalue weighted by Gasteiger charge is -2.56. The highest BCUT2D eigenvalue weighted by Gasteiger charge is 2.52. The minimum Gasteiger partial charge on any atom is -0.544 e. The second-order valence-electron chi connectivity index (χ2n) is 8.66. The third kappa shape index (κ3) is 3.16. The Kier molecular flexibility index (Phi) is 4.37. The molecule has 0 aromatic heterocycles. The molecule has 0 radical (unpaired) electrons. The van der Waals surface area contributed by atoms with Crippen molar-refractivity contribution in [3.8, 4) is 0 Å². The summed E-state index contributed by atoms with van der Waals surface area (Å²) in [6.45, 7) is 2.83. The van der Waals surface area contributed by atoms with Crippen LogP contribution in [0.15, 0.2) is 0 Å². The number of carbonyl (C=O) groups excluding carboxylic acids is 2. The van der Waals surface area contributed by atoms with Gasteiger partial charge in [0.05, 0.1) is 6.42 Å². The highest BCUT2D eigenvalue weighted by Crippen LogP contribution is 2.61. The maximum Gasteiger partial charge on any atom is 0.323 e. The smallest absolute Gasteiger partial charge is 0.323 e. The van der Waals surface area contributed by atoms with Gasteiger partial charge >= 0.3 is 11.9 Å². The number of rotatable bonds is 6. The van der Waals surface area contributed by atoms with Crippen LogP contribution in [0.25, 0.3) is 0 Å². The Bertz CT molecular complexity index is 494. The first-order valence-corrected chi connectivity index (χ1v) is 8.90. The maximum atomic E-state index is 13.8. The van der Waals surface area contributed by atoms with Crippen LogP contribution in [0.3, 0.4) is 0 Å². The van der Waals surface area contributed by atoms with Crippen LogP contribution in [0.5, 0.6) is 0 Å². The molecule has 4 bridgehead atoms. The number of carboxylic acids is 1. The van der Waals surface area contributed by atoms with Gasteiger partial charge < -0.3 is 14.6 Å². The first-order chi connectivity index (χ1) is 11.1. The van der Waals surface area contributed by atoms with Crippen LogP contribution in [-0.4, -0.2) is 24.0 Å². The summed E-state index contributed by atoms with van der Waals surface area (Å²) in [5.41, 5.74) is -0.121. The van der Waals surface area contributed by atoms with Crippen LogP contribution in [-0.2, 0) is 14.3 Å². The zero-order valence-electron chi connectivity index (χ0n) is 14.2. The van der Waals surface area contributed by atoms with Crippen molar-refractivity contribution in [3.05, 3.63) is 0 Å². The number of ether oxygens (including phenoxy) is 1. The van der Waals surface area contributed by atoms with E-state index in [2.05, 4.69) is 0 Å². The van der Waals surface area contributed by atoms with Crippen LogP contribution in [0.1, 0.15) is 58.8 Å². The Hall–Kier alpha value is -1.20. The summed E-state index contributed by atoms with van der Waals surface area (Å²) >= 11 is 0. The summed E-state index contributed by atoms with van der Waals surface area (Å²) in [5, 5.41) is 10.7. The van der Waals surface area contributed by atoms with Gasteiger partial charge in [0.2, 0.25) is 0 Å². The van der Waals surface area contributed by atoms with Crippen LogP contribution < -0.4 is 5.11 Å². The molecule has 4 nitrogen and oxygen atoms in total. The molecule has 1 unspecified atom stereocenters. The number of carbonyl (C=O) groups is 2. The molecule has 24 heavy (non-hydrogen) atoms. The van der Waals surface area contributed by atoms with Gasteiger partial charge in [0.1, 0.15) is 5.97 Å². The van der Waals surface area contributed by atoms with Gasteiger partial charge in [0, 0.05) is 0 Å². The zero-order chi connectivity index (χ0) is 17.7. The maximum absolute atomic E-state index is 13.8. The van der Waals surface area contributed by atoms with E-state index < -0.39 is 29.9 Å². The fraction of sp³-hybridized carbons (Fsp3) is 0.889. The summed E-state index contributed by atoms with van der Waals surface area (Å²) < 4.78 is 32.5. The van der Waals surface area contributed by atoms with E-state index in [9.17, 15) is 23.5 Å². The number of hydrogen-bond acceptors (Lipinski definition) is 4. The molecule has 4 rings (SSSR count). The third-order valence-electron chi connectivity index (χ3n) is 6.18. The van der Waals surface area contributed by atoms with E-state index in [-0.39, 0.29) is 11.8 Å². The Balaban J connectivity index is 1.67. The summed E-state index contributed by atoms with van der Waals surface area (Å²) in [7, 11) is 0. The molecule has 0 aromatic carbocycles. The molecule has 136 valence electrons. The number of hydrogen-bond donors (Lipinski definition) is 0.